The van der Waals surface area contributed by atoms with Crippen LogP contribution in [0, 0.1) is 11.8 Å². The van der Waals surface area contributed by atoms with Gasteiger partial charge in [0.25, 0.3) is 0 Å². The summed E-state index contributed by atoms with van der Waals surface area (Å²) in [5, 5.41) is 3.33. The van der Waals surface area contributed by atoms with Crippen LogP contribution in [0.3, 0.4) is 0 Å². The third kappa shape index (κ3) is 3.83. The molecule has 0 spiro atoms. The van der Waals surface area contributed by atoms with Crippen LogP contribution < -0.4 is 11.1 Å². The van der Waals surface area contributed by atoms with Crippen molar-refractivity contribution in [2.24, 2.45) is 11.8 Å². The summed E-state index contributed by atoms with van der Waals surface area (Å²) in [6.45, 7) is 3.31. The van der Waals surface area contributed by atoms with Crippen LogP contribution in [0.25, 0.3) is 0 Å². The molecular weight excluding hydrogens is 292 g/mol. The van der Waals surface area contributed by atoms with E-state index in [1.54, 1.807) is 6.20 Å². The molecule has 1 aromatic heterocycles. The van der Waals surface area contributed by atoms with Crippen LogP contribution in [0.2, 0.25) is 0 Å². The van der Waals surface area contributed by atoms with E-state index >= 15 is 0 Å². The van der Waals surface area contributed by atoms with Crippen LogP contribution in [0.1, 0.15) is 39.0 Å². The van der Waals surface area contributed by atoms with Crippen LogP contribution in [-0.4, -0.2) is 16.5 Å². The number of nitrogens with one attached hydrogen (secondary N) is 1. The Hall–Kier alpha value is -0.840. The molecule has 0 unspecified atom stereocenters. The Bertz CT molecular complexity index is 389. The topological polar surface area (TPSA) is 63.8 Å². The average molecular weight is 313 g/mol. The summed E-state index contributed by atoms with van der Waals surface area (Å²) in [4.78, 5) is 8.10. The van der Waals surface area contributed by atoms with Crippen molar-refractivity contribution in [3.63, 3.8) is 0 Å². The molecule has 1 fully saturated rings. The summed E-state index contributed by atoms with van der Waals surface area (Å²) in [6, 6.07) is 0. The smallest absolute Gasteiger partial charge is 0.221 e. The summed E-state index contributed by atoms with van der Waals surface area (Å²) < 4.78 is 0.869. The number of hydrogen-bond acceptors (Lipinski definition) is 4. The molecule has 0 radical (unpaired) electrons. The summed E-state index contributed by atoms with van der Waals surface area (Å²) in [5.41, 5.74) is 5.57. The predicted octanol–water partition coefficient (Wildman–Crippen LogP) is 3.45. The molecule has 0 amide bonds. The van der Waals surface area contributed by atoms with Gasteiger partial charge in [-0.3, -0.25) is 0 Å². The highest BCUT2D eigenvalue weighted by Crippen LogP contribution is 2.30. The second-order valence-corrected chi connectivity index (χ2v) is 6.12. The van der Waals surface area contributed by atoms with Crippen molar-refractivity contribution in [2.45, 2.75) is 39.0 Å². The fraction of sp³-hybridized carbons (Fsp3) is 0.692. The highest BCUT2D eigenvalue weighted by atomic mass is 79.9. The Kier molecular flexibility index (Phi) is 4.80. The maximum atomic E-state index is 5.57. The van der Waals surface area contributed by atoms with Gasteiger partial charge in [0.2, 0.25) is 5.95 Å². The minimum Gasteiger partial charge on any atom is -0.369 e. The van der Waals surface area contributed by atoms with Crippen LogP contribution >= 0.6 is 15.9 Å². The maximum Gasteiger partial charge on any atom is 0.221 e. The zero-order chi connectivity index (χ0) is 13.0. The average Bonchev–Trinajstić information content (AvgIpc) is 2.36. The van der Waals surface area contributed by atoms with Crippen molar-refractivity contribution in [1.29, 1.82) is 0 Å². The molecule has 1 aliphatic rings. The lowest BCUT2D eigenvalue weighted by Gasteiger charge is -2.26. The lowest BCUT2D eigenvalue weighted by molar-refractivity contribution is 0.282. The number of anilines is 2. The van der Waals surface area contributed by atoms with Crippen LogP contribution in [0.15, 0.2) is 10.7 Å². The molecule has 0 aliphatic heterocycles. The Labute approximate surface area is 117 Å². The molecule has 0 aromatic carbocycles. The van der Waals surface area contributed by atoms with Gasteiger partial charge < -0.3 is 11.1 Å². The molecule has 0 bridgehead atoms. The predicted molar refractivity (Wildman–Crippen MR) is 78.4 cm³/mol. The van der Waals surface area contributed by atoms with Gasteiger partial charge >= 0.3 is 0 Å². The molecule has 5 heteroatoms. The van der Waals surface area contributed by atoms with E-state index in [1.165, 1.54) is 32.1 Å². The molecule has 1 saturated carbocycles. The number of halogens is 1. The molecule has 100 valence electrons. The van der Waals surface area contributed by atoms with E-state index in [-0.39, 0.29) is 0 Å². The van der Waals surface area contributed by atoms with Crippen LogP contribution in [-0.2, 0) is 0 Å². The zero-order valence-corrected chi connectivity index (χ0v) is 12.4. The largest absolute Gasteiger partial charge is 0.369 e. The number of nitrogen functional groups attached to an aromatic ring is 1. The molecule has 2 rings (SSSR count). The van der Waals surface area contributed by atoms with E-state index < -0.39 is 0 Å². The first-order valence-electron chi connectivity index (χ1n) is 6.67. The standard InChI is InChI=1S/C13H21BrN4/c1-9-2-4-10(5-3-9)6-7-16-12-11(14)8-17-13(15)18-12/h8-10H,2-7H2,1H3,(H3,15,16,17,18). The van der Waals surface area contributed by atoms with Crippen molar-refractivity contribution in [3.8, 4) is 0 Å². The number of nitrogens with two attached hydrogens (primary N) is 1. The Balaban J connectivity index is 1.76. The summed E-state index contributed by atoms with van der Waals surface area (Å²) in [6.07, 6.45) is 8.41. The first kappa shape index (κ1) is 13.6. The van der Waals surface area contributed by atoms with Gasteiger partial charge in [-0.2, -0.15) is 4.98 Å². The molecule has 0 saturated heterocycles. The Morgan fingerprint density at radius 3 is 2.83 bits per heavy atom. The molecule has 1 aliphatic carbocycles. The quantitative estimate of drug-likeness (QED) is 0.893. The van der Waals surface area contributed by atoms with Gasteiger partial charge in [0.1, 0.15) is 5.82 Å². The van der Waals surface area contributed by atoms with E-state index in [0.29, 0.717) is 5.95 Å². The summed E-state index contributed by atoms with van der Waals surface area (Å²) >= 11 is 3.42. The van der Waals surface area contributed by atoms with E-state index in [2.05, 4.69) is 38.1 Å². The zero-order valence-electron chi connectivity index (χ0n) is 10.8. The van der Waals surface area contributed by atoms with Gasteiger partial charge in [0, 0.05) is 12.7 Å². The lowest BCUT2D eigenvalue weighted by atomic mass is 9.81. The van der Waals surface area contributed by atoms with Gasteiger partial charge in [-0.05, 0) is 34.2 Å². The Morgan fingerprint density at radius 1 is 1.39 bits per heavy atom. The van der Waals surface area contributed by atoms with Crippen LogP contribution in [0.4, 0.5) is 11.8 Å². The molecule has 1 aromatic rings. The molecule has 4 nitrogen and oxygen atoms in total. The second kappa shape index (κ2) is 6.36. The number of nitrogens with zero attached hydrogens (tertiary/aromatic N) is 2. The van der Waals surface area contributed by atoms with Gasteiger partial charge in [0.15, 0.2) is 0 Å². The molecule has 1 heterocycles. The highest BCUT2D eigenvalue weighted by Gasteiger charge is 2.17. The monoisotopic (exact) mass is 312 g/mol. The van der Waals surface area contributed by atoms with Gasteiger partial charge in [-0.15, -0.1) is 0 Å². The minimum absolute atomic E-state index is 0.312. The number of hydrogen-bond donors (Lipinski definition) is 2. The molecule has 0 atom stereocenters. The first-order valence-corrected chi connectivity index (χ1v) is 7.46. The van der Waals surface area contributed by atoms with Crippen molar-refractivity contribution < 1.29 is 0 Å². The highest BCUT2D eigenvalue weighted by molar-refractivity contribution is 9.10. The van der Waals surface area contributed by atoms with Crippen molar-refractivity contribution >= 4 is 27.7 Å². The van der Waals surface area contributed by atoms with Crippen molar-refractivity contribution in [3.05, 3.63) is 10.7 Å². The molecule has 3 N–H and O–H groups in total. The maximum absolute atomic E-state index is 5.57. The van der Waals surface area contributed by atoms with E-state index in [0.717, 1.165) is 28.7 Å². The van der Waals surface area contributed by atoms with Crippen molar-refractivity contribution in [1.82, 2.24) is 9.97 Å². The van der Waals surface area contributed by atoms with E-state index in [1.807, 2.05) is 0 Å². The molecular formula is C13H21BrN4. The second-order valence-electron chi connectivity index (χ2n) is 5.27. The van der Waals surface area contributed by atoms with E-state index in [9.17, 15) is 0 Å². The minimum atomic E-state index is 0.312. The van der Waals surface area contributed by atoms with E-state index in [4.69, 9.17) is 5.73 Å². The van der Waals surface area contributed by atoms with Crippen molar-refractivity contribution in [2.75, 3.05) is 17.6 Å². The fourth-order valence-electron chi connectivity index (χ4n) is 2.52. The van der Waals surface area contributed by atoms with Gasteiger partial charge in [-0.25, -0.2) is 4.98 Å². The van der Waals surface area contributed by atoms with Crippen LogP contribution in [0.5, 0.6) is 0 Å². The first-order chi connectivity index (χ1) is 8.65. The van der Waals surface area contributed by atoms with Gasteiger partial charge in [-0.1, -0.05) is 32.6 Å². The normalized spacial score (nSPS) is 23.9. The SMILES string of the molecule is CC1CCC(CCNc2nc(N)ncc2Br)CC1. The fourth-order valence-corrected chi connectivity index (χ4v) is 2.85. The number of aromatic nitrogens is 2. The summed E-state index contributed by atoms with van der Waals surface area (Å²) in [5.74, 6) is 2.90. The third-order valence-corrected chi connectivity index (χ3v) is 4.32. The molecule has 18 heavy (non-hydrogen) atoms. The Morgan fingerprint density at radius 2 is 2.11 bits per heavy atom. The van der Waals surface area contributed by atoms with Gasteiger partial charge in [0.05, 0.1) is 4.47 Å². The third-order valence-electron chi connectivity index (χ3n) is 3.74. The lowest BCUT2D eigenvalue weighted by Crippen LogP contribution is -2.16. The summed E-state index contributed by atoms with van der Waals surface area (Å²) in [7, 11) is 0. The number of rotatable bonds is 4.